The molecule has 1 aliphatic rings. The highest BCUT2D eigenvalue weighted by Gasteiger charge is 2.22. The molecule has 25 heavy (non-hydrogen) atoms. The van der Waals surface area contributed by atoms with Crippen LogP contribution in [0, 0.1) is 0 Å². The van der Waals surface area contributed by atoms with E-state index in [4.69, 9.17) is 4.74 Å². The van der Waals surface area contributed by atoms with Gasteiger partial charge in [-0.05, 0) is 25.8 Å². The van der Waals surface area contributed by atoms with Crippen molar-refractivity contribution in [3.63, 3.8) is 0 Å². The molecule has 0 unspecified atom stereocenters. The summed E-state index contributed by atoms with van der Waals surface area (Å²) in [5.74, 6) is 0. The van der Waals surface area contributed by atoms with Gasteiger partial charge in [0.25, 0.3) is 0 Å². The number of hydrogen-bond donors (Lipinski definition) is 1. The van der Waals surface area contributed by atoms with Gasteiger partial charge in [-0.3, -0.25) is 0 Å². The second kappa shape index (κ2) is 8.16. The van der Waals surface area contributed by atoms with Crippen molar-refractivity contribution < 1.29 is 9.53 Å². The summed E-state index contributed by atoms with van der Waals surface area (Å²) in [6.07, 6.45) is 2.94. The van der Waals surface area contributed by atoms with Crippen molar-refractivity contribution in [1.29, 1.82) is 0 Å². The Kier molecular flexibility index (Phi) is 5.71. The van der Waals surface area contributed by atoms with Crippen LogP contribution in [0.2, 0.25) is 0 Å². The second-order valence-electron chi connectivity index (χ2n) is 6.61. The maximum absolute atomic E-state index is 12.6. The van der Waals surface area contributed by atoms with Crippen LogP contribution in [0.4, 0.5) is 4.79 Å². The lowest BCUT2D eigenvalue weighted by Gasteiger charge is -2.21. The van der Waals surface area contributed by atoms with Gasteiger partial charge in [-0.25, -0.2) is 9.78 Å². The van der Waals surface area contributed by atoms with E-state index in [0.29, 0.717) is 19.7 Å². The van der Waals surface area contributed by atoms with Gasteiger partial charge >= 0.3 is 6.03 Å². The zero-order valence-electron chi connectivity index (χ0n) is 14.9. The van der Waals surface area contributed by atoms with Crippen molar-refractivity contribution in [2.75, 3.05) is 6.54 Å². The first-order valence-electron chi connectivity index (χ1n) is 8.84. The summed E-state index contributed by atoms with van der Waals surface area (Å²) in [4.78, 5) is 18.9. The Balaban J connectivity index is 1.63. The molecule has 0 atom stereocenters. The van der Waals surface area contributed by atoms with Crippen LogP contribution < -0.4 is 5.32 Å². The molecule has 0 saturated heterocycles. The van der Waals surface area contributed by atoms with Crippen molar-refractivity contribution in [2.45, 2.75) is 52.6 Å². The highest BCUT2D eigenvalue weighted by Crippen LogP contribution is 2.17. The zero-order valence-corrected chi connectivity index (χ0v) is 14.9. The van der Waals surface area contributed by atoms with E-state index in [1.165, 1.54) is 0 Å². The molecule has 1 aromatic carbocycles. The van der Waals surface area contributed by atoms with Crippen LogP contribution in [0.25, 0.3) is 0 Å². The molecule has 6 nitrogen and oxygen atoms in total. The molecule has 134 valence electrons. The zero-order chi connectivity index (χ0) is 17.6. The molecule has 3 rings (SSSR count). The summed E-state index contributed by atoms with van der Waals surface area (Å²) in [5.41, 5.74) is 3.10. The minimum atomic E-state index is -0.0331. The average Bonchev–Trinajstić information content (AvgIpc) is 2.86. The lowest BCUT2D eigenvalue weighted by Crippen LogP contribution is -2.39. The van der Waals surface area contributed by atoms with Crippen molar-refractivity contribution in [3.8, 4) is 0 Å². The van der Waals surface area contributed by atoms with E-state index >= 15 is 0 Å². The van der Waals surface area contributed by atoms with Gasteiger partial charge < -0.3 is 19.5 Å². The van der Waals surface area contributed by atoms with E-state index in [-0.39, 0.29) is 12.1 Å². The molecule has 0 saturated carbocycles. The number of urea groups is 1. The molecule has 0 fully saturated rings. The van der Waals surface area contributed by atoms with E-state index in [2.05, 4.69) is 14.9 Å². The third kappa shape index (κ3) is 4.60. The van der Waals surface area contributed by atoms with Crippen LogP contribution in [0.5, 0.6) is 0 Å². The highest BCUT2D eigenvalue weighted by atomic mass is 16.5. The van der Waals surface area contributed by atoms with E-state index in [9.17, 15) is 4.79 Å². The van der Waals surface area contributed by atoms with Gasteiger partial charge in [0.1, 0.15) is 0 Å². The smallest absolute Gasteiger partial charge is 0.318 e. The first-order valence-corrected chi connectivity index (χ1v) is 8.84. The van der Waals surface area contributed by atoms with Crippen molar-refractivity contribution >= 4 is 6.03 Å². The number of imidazole rings is 1. The maximum Gasteiger partial charge on any atom is 0.318 e. The summed E-state index contributed by atoms with van der Waals surface area (Å²) >= 11 is 0. The Labute approximate surface area is 148 Å². The van der Waals surface area contributed by atoms with Crippen LogP contribution in [0.3, 0.4) is 0 Å². The van der Waals surface area contributed by atoms with Crippen molar-refractivity contribution in [1.82, 2.24) is 19.8 Å². The van der Waals surface area contributed by atoms with Gasteiger partial charge in [0.05, 0.1) is 37.0 Å². The molecule has 6 heteroatoms. The molecule has 2 amide bonds. The number of nitrogens with zero attached hydrogens (tertiary/aromatic N) is 3. The topological polar surface area (TPSA) is 59.4 Å². The van der Waals surface area contributed by atoms with Crippen LogP contribution in [0.1, 0.15) is 37.2 Å². The number of carbonyl (C=O) groups excluding carboxylic acids is 1. The van der Waals surface area contributed by atoms with E-state index < -0.39 is 0 Å². The highest BCUT2D eigenvalue weighted by molar-refractivity contribution is 5.74. The van der Waals surface area contributed by atoms with Crippen LogP contribution in [-0.4, -0.2) is 33.1 Å². The number of aryl methyl sites for hydroxylation is 1. The van der Waals surface area contributed by atoms with Gasteiger partial charge in [-0.1, -0.05) is 30.3 Å². The van der Waals surface area contributed by atoms with Gasteiger partial charge in [0.15, 0.2) is 0 Å². The predicted molar refractivity (Wildman–Crippen MR) is 95.9 cm³/mol. The second-order valence-corrected chi connectivity index (χ2v) is 6.61. The Morgan fingerprint density at radius 3 is 2.84 bits per heavy atom. The minimum Gasteiger partial charge on any atom is -0.372 e. The third-order valence-electron chi connectivity index (χ3n) is 4.33. The first-order chi connectivity index (χ1) is 12.1. The number of hydrogen-bond acceptors (Lipinski definition) is 3. The SMILES string of the molecule is CC(C)OCc1ncn2c1CN(C(=O)NCc1ccccc1)CCC2. The van der Waals surface area contributed by atoms with E-state index in [1.54, 1.807) is 0 Å². The van der Waals surface area contributed by atoms with E-state index in [0.717, 1.165) is 36.5 Å². The molecule has 1 N–H and O–H groups in total. The number of carbonyl (C=O) groups is 1. The number of benzene rings is 1. The molecular weight excluding hydrogens is 316 g/mol. The molecule has 1 aromatic heterocycles. The molecule has 0 bridgehead atoms. The lowest BCUT2D eigenvalue weighted by molar-refractivity contribution is 0.0629. The van der Waals surface area contributed by atoms with Gasteiger partial charge in [0.2, 0.25) is 0 Å². The minimum absolute atomic E-state index is 0.0331. The summed E-state index contributed by atoms with van der Waals surface area (Å²) in [7, 11) is 0. The Hall–Kier alpha value is -2.34. The van der Waals surface area contributed by atoms with Crippen molar-refractivity contribution in [3.05, 3.63) is 53.6 Å². The fourth-order valence-electron chi connectivity index (χ4n) is 2.94. The Bertz CT molecular complexity index is 697. The molecule has 0 spiro atoms. The largest absolute Gasteiger partial charge is 0.372 e. The number of nitrogens with one attached hydrogen (secondary N) is 1. The third-order valence-corrected chi connectivity index (χ3v) is 4.33. The maximum atomic E-state index is 12.6. The number of fused-ring (bicyclic) bond motifs is 1. The molecular formula is C19H26N4O2. The van der Waals surface area contributed by atoms with Crippen LogP contribution in [0.15, 0.2) is 36.7 Å². The predicted octanol–water partition coefficient (Wildman–Crippen LogP) is 2.92. The monoisotopic (exact) mass is 342 g/mol. The van der Waals surface area contributed by atoms with E-state index in [1.807, 2.05) is 55.4 Å². The average molecular weight is 342 g/mol. The molecule has 0 aliphatic carbocycles. The normalized spacial score (nSPS) is 14.3. The summed E-state index contributed by atoms with van der Waals surface area (Å²) in [6, 6.07) is 9.93. The van der Waals surface area contributed by atoms with Crippen LogP contribution in [-0.2, 0) is 31.0 Å². The van der Waals surface area contributed by atoms with Gasteiger partial charge in [0, 0.05) is 19.6 Å². The van der Waals surface area contributed by atoms with Gasteiger partial charge in [-0.15, -0.1) is 0 Å². The first kappa shape index (κ1) is 17.5. The quantitative estimate of drug-likeness (QED) is 0.909. The molecule has 0 radical (unpaired) electrons. The summed E-state index contributed by atoms with van der Waals surface area (Å²) < 4.78 is 7.84. The Morgan fingerprint density at radius 1 is 1.28 bits per heavy atom. The number of ether oxygens (including phenoxy) is 1. The van der Waals surface area contributed by atoms with Crippen LogP contribution >= 0.6 is 0 Å². The lowest BCUT2D eigenvalue weighted by atomic mass is 10.2. The molecule has 1 aliphatic heterocycles. The summed E-state index contributed by atoms with van der Waals surface area (Å²) in [6.45, 7) is 7.24. The standard InChI is InChI=1S/C19H26N4O2/c1-15(2)25-13-17-18-12-22(9-6-10-23(18)14-21-17)19(24)20-11-16-7-4-3-5-8-16/h3-5,7-8,14-15H,6,9-13H2,1-2H3,(H,20,24). The fourth-order valence-corrected chi connectivity index (χ4v) is 2.94. The number of rotatable bonds is 5. The number of aromatic nitrogens is 2. The fraction of sp³-hybridized carbons (Fsp3) is 0.474. The number of amides is 2. The molecule has 2 aromatic rings. The van der Waals surface area contributed by atoms with Gasteiger partial charge in [-0.2, -0.15) is 0 Å². The Morgan fingerprint density at radius 2 is 2.08 bits per heavy atom. The van der Waals surface area contributed by atoms with Crippen molar-refractivity contribution in [2.24, 2.45) is 0 Å². The molecule has 2 heterocycles. The summed E-state index contributed by atoms with van der Waals surface area (Å²) in [5, 5.41) is 3.02.